The fraction of sp³-hybridized carbons (Fsp3) is 0.394. The molecule has 1 aliphatic rings. The molecule has 1 amide bonds. The maximum atomic E-state index is 14.7. The SMILES string of the molecule is Cc1cc(=O)n(-c2ccccc2)c(C)c1C(=O)N1CCC(Cn2cc(COc3ccc(C(C)(C)C)cc3)nn2)(C(F)(F)F)C1. The fourth-order valence-electron chi connectivity index (χ4n) is 5.76. The first-order chi connectivity index (χ1) is 20.7. The molecular formula is C33H36F3N5O3. The van der Waals surface area contributed by atoms with E-state index in [9.17, 15) is 22.8 Å². The molecule has 44 heavy (non-hydrogen) atoms. The number of hydrogen-bond donors (Lipinski definition) is 0. The molecule has 0 bridgehead atoms. The third-order valence-electron chi connectivity index (χ3n) is 8.28. The lowest BCUT2D eigenvalue weighted by atomic mass is 9.86. The van der Waals surface area contributed by atoms with Gasteiger partial charge < -0.3 is 9.64 Å². The van der Waals surface area contributed by atoms with Crippen molar-refractivity contribution in [2.75, 3.05) is 13.1 Å². The number of ether oxygens (including phenoxy) is 1. The molecule has 0 aliphatic carbocycles. The summed E-state index contributed by atoms with van der Waals surface area (Å²) in [5.74, 6) is 0.0782. The summed E-state index contributed by atoms with van der Waals surface area (Å²) >= 11 is 0. The van der Waals surface area contributed by atoms with Gasteiger partial charge in [0.15, 0.2) is 0 Å². The number of likely N-dealkylation sites (tertiary alicyclic amines) is 1. The lowest BCUT2D eigenvalue weighted by Gasteiger charge is -2.31. The molecule has 3 heterocycles. The maximum Gasteiger partial charge on any atom is 0.398 e. The average Bonchev–Trinajstić information content (AvgIpc) is 3.60. The van der Waals surface area contributed by atoms with Gasteiger partial charge in [-0.05, 0) is 61.1 Å². The minimum Gasteiger partial charge on any atom is -0.487 e. The number of para-hydroxylation sites is 1. The number of carbonyl (C=O) groups excluding carboxylic acids is 1. The molecule has 11 heteroatoms. The quantitative estimate of drug-likeness (QED) is 0.257. The van der Waals surface area contributed by atoms with Gasteiger partial charge in [-0.25, -0.2) is 0 Å². The van der Waals surface area contributed by atoms with Crippen LogP contribution in [0.25, 0.3) is 5.69 Å². The van der Waals surface area contributed by atoms with Crippen molar-refractivity contribution < 1.29 is 22.7 Å². The Kier molecular flexibility index (Phi) is 8.17. The van der Waals surface area contributed by atoms with Crippen LogP contribution in [-0.2, 0) is 18.6 Å². The van der Waals surface area contributed by atoms with Gasteiger partial charge in [0, 0.05) is 30.5 Å². The van der Waals surface area contributed by atoms with E-state index in [0.29, 0.717) is 28.4 Å². The van der Waals surface area contributed by atoms with E-state index in [-0.39, 0.29) is 36.1 Å². The smallest absolute Gasteiger partial charge is 0.398 e. The Morgan fingerprint density at radius 3 is 2.34 bits per heavy atom. The summed E-state index contributed by atoms with van der Waals surface area (Å²) in [7, 11) is 0. The highest BCUT2D eigenvalue weighted by molar-refractivity contribution is 5.97. The number of benzene rings is 2. The Labute approximate surface area is 254 Å². The molecule has 1 saturated heterocycles. The predicted molar refractivity (Wildman–Crippen MR) is 160 cm³/mol. The first-order valence-corrected chi connectivity index (χ1v) is 14.5. The number of nitrogens with zero attached hydrogens (tertiary/aromatic N) is 5. The Hall–Kier alpha value is -4.41. The summed E-state index contributed by atoms with van der Waals surface area (Å²) in [6.07, 6.45) is -3.44. The average molecular weight is 608 g/mol. The molecule has 4 aromatic rings. The van der Waals surface area contributed by atoms with Crippen molar-refractivity contribution in [3.63, 3.8) is 0 Å². The topological polar surface area (TPSA) is 82.2 Å². The third-order valence-corrected chi connectivity index (χ3v) is 8.28. The van der Waals surface area contributed by atoms with E-state index >= 15 is 0 Å². The summed E-state index contributed by atoms with van der Waals surface area (Å²) in [4.78, 5) is 27.8. The first-order valence-electron chi connectivity index (χ1n) is 14.5. The lowest BCUT2D eigenvalue weighted by molar-refractivity contribution is -0.224. The Morgan fingerprint density at radius 2 is 1.70 bits per heavy atom. The second-order valence-corrected chi connectivity index (χ2v) is 12.5. The fourth-order valence-corrected chi connectivity index (χ4v) is 5.76. The van der Waals surface area contributed by atoms with Crippen LogP contribution >= 0.6 is 0 Å². The predicted octanol–water partition coefficient (Wildman–Crippen LogP) is 6.02. The van der Waals surface area contributed by atoms with Crippen molar-refractivity contribution in [2.45, 2.75) is 65.8 Å². The Bertz CT molecular complexity index is 1710. The highest BCUT2D eigenvalue weighted by Crippen LogP contribution is 2.47. The monoisotopic (exact) mass is 607 g/mol. The summed E-state index contributed by atoms with van der Waals surface area (Å²) in [6.45, 7) is 8.54. The standard InChI is InChI=1S/C33H36F3N5O3/c1-22-17-28(42)41(26-9-7-6-8-10-26)23(2)29(22)30(43)39-16-15-32(20-39,33(34,35)36)21-40-18-25(37-38-40)19-44-27-13-11-24(12-14-27)31(3,4)5/h6-14,17-18H,15-16,19-21H2,1-5H3. The number of hydrogen-bond acceptors (Lipinski definition) is 5. The van der Waals surface area contributed by atoms with Gasteiger partial charge in [0.1, 0.15) is 23.5 Å². The second kappa shape index (κ2) is 11.6. The van der Waals surface area contributed by atoms with Crippen LogP contribution in [-0.4, -0.2) is 49.6 Å². The van der Waals surface area contributed by atoms with E-state index < -0.39 is 30.6 Å². The minimum absolute atomic E-state index is 0.000637. The number of aromatic nitrogens is 4. The number of alkyl halides is 3. The first kappa shape index (κ1) is 31.0. The molecule has 232 valence electrons. The number of rotatable bonds is 7. The zero-order valence-corrected chi connectivity index (χ0v) is 25.5. The van der Waals surface area contributed by atoms with Crippen molar-refractivity contribution in [3.05, 3.63) is 105 Å². The Morgan fingerprint density at radius 1 is 1.02 bits per heavy atom. The number of carbonyl (C=O) groups is 1. The van der Waals surface area contributed by atoms with Crippen molar-refractivity contribution in [2.24, 2.45) is 5.41 Å². The van der Waals surface area contributed by atoms with Crippen LogP contribution in [0, 0.1) is 19.3 Å². The molecule has 1 atom stereocenters. The summed E-state index contributed by atoms with van der Waals surface area (Å²) in [5.41, 5.74) is 0.606. The van der Waals surface area contributed by atoms with Crippen LogP contribution < -0.4 is 10.3 Å². The summed E-state index contributed by atoms with van der Waals surface area (Å²) in [5, 5.41) is 7.98. The van der Waals surface area contributed by atoms with Crippen LogP contribution in [0.4, 0.5) is 13.2 Å². The molecule has 1 fully saturated rings. The van der Waals surface area contributed by atoms with Crippen LogP contribution in [0.1, 0.15) is 60.1 Å². The van der Waals surface area contributed by atoms with Gasteiger partial charge in [0.25, 0.3) is 11.5 Å². The van der Waals surface area contributed by atoms with Crippen LogP contribution in [0.3, 0.4) is 0 Å². The van der Waals surface area contributed by atoms with Gasteiger partial charge in [0.2, 0.25) is 0 Å². The largest absolute Gasteiger partial charge is 0.487 e. The second-order valence-electron chi connectivity index (χ2n) is 12.5. The van der Waals surface area contributed by atoms with E-state index in [1.165, 1.54) is 26.4 Å². The maximum absolute atomic E-state index is 14.7. The third kappa shape index (κ3) is 6.13. The molecule has 2 aromatic carbocycles. The summed E-state index contributed by atoms with van der Waals surface area (Å²) in [6, 6.07) is 17.8. The molecule has 1 aliphatic heterocycles. The van der Waals surface area contributed by atoms with Gasteiger partial charge >= 0.3 is 6.18 Å². The van der Waals surface area contributed by atoms with Gasteiger partial charge in [0.05, 0.1) is 18.3 Å². The number of amides is 1. The van der Waals surface area contributed by atoms with Crippen LogP contribution in [0.5, 0.6) is 5.75 Å². The molecule has 0 spiro atoms. The van der Waals surface area contributed by atoms with Crippen molar-refractivity contribution in [3.8, 4) is 11.4 Å². The zero-order chi connectivity index (χ0) is 31.9. The van der Waals surface area contributed by atoms with Gasteiger partial charge in [-0.3, -0.25) is 18.8 Å². The normalized spacial score (nSPS) is 17.2. The van der Waals surface area contributed by atoms with Crippen molar-refractivity contribution in [1.82, 2.24) is 24.5 Å². The van der Waals surface area contributed by atoms with E-state index in [2.05, 4.69) is 31.1 Å². The molecule has 8 nitrogen and oxygen atoms in total. The minimum atomic E-state index is -4.60. The van der Waals surface area contributed by atoms with Crippen LogP contribution in [0.2, 0.25) is 0 Å². The number of halogens is 3. The van der Waals surface area contributed by atoms with Gasteiger partial charge in [-0.15, -0.1) is 5.10 Å². The van der Waals surface area contributed by atoms with Crippen molar-refractivity contribution >= 4 is 5.91 Å². The number of pyridine rings is 1. The van der Waals surface area contributed by atoms with Gasteiger partial charge in [-0.1, -0.05) is 56.3 Å². The van der Waals surface area contributed by atoms with E-state index in [1.807, 2.05) is 30.3 Å². The van der Waals surface area contributed by atoms with Crippen molar-refractivity contribution in [1.29, 1.82) is 0 Å². The molecule has 0 radical (unpaired) electrons. The number of aryl methyl sites for hydroxylation is 1. The lowest BCUT2D eigenvalue weighted by Crippen LogP contribution is -2.45. The molecule has 5 rings (SSSR count). The highest BCUT2D eigenvalue weighted by atomic mass is 19.4. The molecule has 0 N–H and O–H groups in total. The highest BCUT2D eigenvalue weighted by Gasteiger charge is 2.59. The molecule has 0 saturated carbocycles. The molecule has 2 aromatic heterocycles. The van der Waals surface area contributed by atoms with Gasteiger partial charge in [-0.2, -0.15) is 13.2 Å². The van der Waals surface area contributed by atoms with E-state index in [0.717, 1.165) is 5.56 Å². The van der Waals surface area contributed by atoms with Crippen LogP contribution in [0.15, 0.2) is 71.7 Å². The Balaban J connectivity index is 1.33. The summed E-state index contributed by atoms with van der Waals surface area (Å²) < 4.78 is 52.4. The zero-order valence-electron chi connectivity index (χ0n) is 25.5. The molecule has 1 unspecified atom stereocenters. The molecular weight excluding hydrogens is 571 g/mol. The van der Waals surface area contributed by atoms with E-state index in [1.54, 1.807) is 38.1 Å². The van der Waals surface area contributed by atoms with E-state index in [4.69, 9.17) is 4.74 Å².